The number of carbonyl (C=O) groups is 1. The molecule has 1 aliphatic rings. The fourth-order valence-corrected chi connectivity index (χ4v) is 3.30. The van der Waals surface area contributed by atoms with Crippen LogP contribution >= 0.6 is 11.6 Å². The molecule has 0 spiro atoms. The van der Waals surface area contributed by atoms with Gasteiger partial charge in [-0.15, -0.1) is 0 Å². The Labute approximate surface area is 157 Å². The molecular formula is C20H19ClN4O. The summed E-state index contributed by atoms with van der Waals surface area (Å²) >= 11 is 6.04. The van der Waals surface area contributed by atoms with Crippen LogP contribution in [0, 0.1) is 0 Å². The largest absolute Gasteiger partial charge is 0.355 e. The number of hydrogen-bond acceptors (Lipinski definition) is 4. The van der Waals surface area contributed by atoms with Gasteiger partial charge in [0.25, 0.3) is 5.91 Å². The quantitative estimate of drug-likeness (QED) is 0.742. The minimum atomic E-state index is 0.0852. The second-order valence-electron chi connectivity index (χ2n) is 6.26. The van der Waals surface area contributed by atoms with Crippen molar-refractivity contribution in [3.8, 4) is 0 Å². The Morgan fingerprint density at radius 3 is 2.62 bits per heavy atom. The molecule has 1 fully saturated rings. The topological polar surface area (TPSA) is 57.3 Å². The molecule has 1 amide bonds. The van der Waals surface area contributed by atoms with Gasteiger partial charge >= 0.3 is 0 Å². The van der Waals surface area contributed by atoms with Gasteiger partial charge < -0.3 is 15.5 Å². The molecule has 2 aromatic carbocycles. The molecule has 6 heteroatoms. The van der Waals surface area contributed by atoms with E-state index in [1.54, 1.807) is 6.20 Å². The molecule has 1 aromatic heterocycles. The van der Waals surface area contributed by atoms with Crippen molar-refractivity contribution in [3.63, 3.8) is 0 Å². The van der Waals surface area contributed by atoms with Crippen LogP contribution in [0.3, 0.4) is 0 Å². The van der Waals surface area contributed by atoms with Crippen molar-refractivity contribution in [2.75, 3.05) is 31.5 Å². The van der Waals surface area contributed by atoms with Gasteiger partial charge in [0.1, 0.15) is 0 Å². The zero-order valence-electron chi connectivity index (χ0n) is 14.2. The summed E-state index contributed by atoms with van der Waals surface area (Å²) in [6, 6.07) is 15.2. The van der Waals surface area contributed by atoms with Gasteiger partial charge in [0.2, 0.25) is 0 Å². The SMILES string of the molecule is O=C(c1ccc(Nc2ccnc3cc(Cl)ccc23)cc1)N1CCNCC1. The van der Waals surface area contributed by atoms with Crippen molar-refractivity contribution in [1.82, 2.24) is 15.2 Å². The highest BCUT2D eigenvalue weighted by Gasteiger charge is 2.17. The van der Waals surface area contributed by atoms with E-state index in [2.05, 4.69) is 15.6 Å². The Bertz CT molecular complexity index is 936. The third-order valence-electron chi connectivity index (χ3n) is 4.52. The van der Waals surface area contributed by atoms with Crippen molar-refractivity contribution < 1.29 is 4.79 Å². The Hall–Kier alpha value is -2.63. The Kier molecular flexibility index (Phi) is 4.73. The summed E-state index contributed by atoms with van der Waals surface area (Å²) in [7, 11) is 0. The number of anilines is 2. The Morgan fingerprint density at radius 2 is 1.85 bits per heavy atom. The van der Waals surface area contributed by atoms with Crippen molar-refractivity contribution in [3.05, 3.63) is 65.3 Å². The lowest BCUT2D eigenvalue weighted by molar-refractivity contribution is 0.0736. The number of fused-ring (bicyclic) bond motifs is 1. The van der Waals surface area contributed by atoms with Gasteiger partial charge in [-0.2, -0.15) is 0 Å². The van der Waals surface area contributed by atoms with E-state index in [1.807, 2.05) is 53.4 Å². The third-order valence-corrected chi connectivity index (χ3v) is 4.75. The fraction of sp³-hybridized carbons (Fsp3) is 0.200. The van der Waals surface area contributed by atoms with Gasteiger partial charge in [-0.05, 0) is 48.5 Å². The molecule has 2 N–H and O–H groups in total. The Morgan fingerprint density at radius 1 is 1.08 bits per heavy atom. The van der Waals surface area contributed by atoms with E-state index in [0.29, 0.717) is 10.6 Å². The number of rotatable bonds is 3. The molecule has 3 aromatic rings. The number of piperazine rings is 1. The first kappa shape index (κ1) is 16.8. The smallest absolute Gasteiger partial charge is 0.253 e. The number of carbonyl (C=O) groups excluding carboxylic acids is 1. The molecule has 132 valence electrons. The van der Waals surface area contributed by atoms with Crippen LogP contribution < -0.4 is 10.6 Å². The van der Waals surface area contributed by atoms with E-state index >= 15 is 0 Å². The molecule has 5 nitrogen and oxygen atoms in total. The van der Waals surface area contributed by atoms with Gasteiger partial charge in [-0.1, -0.05) is 11.6 Å². The summed E-state index contributed by atoms with van der Waals surface area (Å²) < 4.78 is 0. The molecule has 0 unspecified atom stereocenters. The zero-order chi connectivity index (χ0) is 17.9. The molecule has 0 aliphatic carbocycles. The average molecular weight is 367 g/mol. The lowest BCUT2D eigenvalue weighted by Crippen LogP contribution is -2.46. The summed E-state index contributed by atoms with van der Waals surface area (Å²) in [6.45, 7) is 3.21. The number of benzene rings is 2. The summed E-state index contributed by atoms with van der Waals surface area (Å²) in [5.74, 6) is 0.0852. The highest BCUT2D eigenvalue weighted by atomic mass is 35.5. The predicted molar refractivity (Wildman–Crippen MR) is 105 cm³/mol. The lowest BCUT2D eigenvalue weighted by atomic mass is 10.1. The summed E-state index contributed by atoms with van der Waals surface area (Å²) in [5, 5.41) is 8.32. The monoisotopic (exact) mass is 366 g/mol. The van der Waals surface area contributed by atoms with Crippen molar-refractivity contribution >= 4 is 39.8 Å². The van der Waals surface area contributed by atoms with Crippen LogP contribution in [0.2, 0.25) is 5.02 Å². The van der Waals surface area contributed by atoms with Crippen LogP contribution in [-0.4, -0.2) is 42.0 Å². The molecule has 1 aliphatic heterocycles. The molecule has 0 radical (unpaired) electrons. The summed E-state index contributed by atoms with van der Waals surface area (Å²) in [5.41, 5.74) is 3.42. The summed E-state index contributed by atoms with van der Waals surface area (Å²) in [6.07, 6.45) is 1.75. The predicted octanol–water partition coefficient (Wildman–Crippen LogP) is 3.68. The molecule has 2 heterocycles. The first-order valence-corrected chi connectivity index (χ1v) is 9.00. The molecule has 0 bridgehead atoms. The molecule has 0 atom stereocenters. The number of hydrogen-bond donors (Lipinski definition) is 2. The highest BCUT2D eigenvalue weighted by molar-refractivity contribution is 6.31. The van der Waals surface area contributed by atoms with Crippen LogP contribution in [0.15, 0.2) is 54.7 Å². The van der Waals surface area contributed by atoms with E-state index in [-0.39, 0.29) is 5.91 Å². The van der Waals surface area contributed by atoms with Crippen LogP contribution in [0.5, 0.6) is 0 Å². The first-order chi connectivity index (χ1) is 12.7. The minimum absolute atomic E-state index is 0.0852. The van der Waals surface area contributed by atoms with E-state index in [1.165, 1.54) is 0 Å². The maximum absolute atomic E-state index is 12.5. The van der Waals surface area contributed by atoms with Gasteiger partial charge in [-0.25, -0.2) is 0 Å². The normalized spacial score (nSPS) is 14.4. The minimum Gasteiger partial charge on any atom is -0.355 e. The highest BCUT2D eigenvalue weighted by Crippen LogP contribution is 2.27. The maximum atomic E-state index is 12.5. The van der Waals surface area contributed by atoms with Crippen molar-refractivity contribution in [1.29, 1.82) is 0 Å². The van der Waals surface area contributed by atoms with Crippen molar-refractivity contribution in [2.45, 2.75) is 0 Å². The van der Waals surface area contributed by atoms with E-state index in [9.17, 15) is 4.79 Å². The van der Waals surface area contributed by atoms with Crippen LogP contribution in [0.25, 0.3) is 10.9 Å². The van der Waals surface area contributed by atoms with Gasteiger partial charge in [0.15, 0.2) is 0 Å². The van der Waals surface area contributed by atoms with Crippen LogP contribution in [0.1, 0.15) is 10.4 Å². The zero-order valence-corrected chi connectivity index (χ0v) is 15.0. The van der Waals surface area contributed by atoms with Crippen LogP contribution in [-0.2, 0) is 0 Å². The van der Waals surface area contributed by atoms with Gasteiger partial charge in [0.05, 0.1) is 5.52 Å². The molecule has 4 rings (SSSR count). The number of halogens is 1. The fourth-order valence-electron chi connectivity index (χ4n) is 3.13. The summed E-state index contributed by atoms with van der Waals surface area (Å²) in [4.78, 5) is 18.8. The number of aromatic nitrogens is 1. The third kappa shape index (κ3) is 3.49. The average Bonchev–Trinajstić information content (AvgIpc) is 2.69. The van der Waals surface area contributed by atoms with Gasteiger partial charge in [-0.3, -0.25) is 9.78 Å². The van der Waals surface area contributed by atoms with E-state index in [4.69, 9.17) is 11.6 Å². The molecule has 0 saturated carbocycles. The van der Waals surface area contributed by atoms with Crippen molar-refractivity contribution in [2.24, 2.45) is 0 Å². The van der Waals surface area contributed by atoms with Crippen LogP contribution in [0.4, 0.5) is 11.4 Å². The lowest BCUT2D eigenvalue weighted by Gasteiger charge is -2.27. The first-order valence-electron chi connectivity index (χ1n) is 8.62. The number of nitrogens with zero attached hydrogens (tertiary/aromatic N) is 2. The maximum Gasteiger partial charge on any atom is 0.253 e. The van der Waals surface area contributed by atoms with E-state index < -0.39 is 0 Å². The van der Waals surface area contributed by atoms with Gasteiger partial charge in [0, 0.05) is 59.7 Å². The van der Waals surface area contributed by atoms with E-state index in [0.717, 1.165) is 48.5 Å². The molecule has 26 heavy (non-hydrogen) atoms. The molecule has 1 saturated heterocycles. The number of amides is 1. The number of nitrogens with one attached hydrogen (secondary N) is 2. The Balaban J connectivity index is 1.54. The number of pyridine rings is 1. The standard InChI is InChI=1S/C20H19ClN4O/c21-15-3-6-17-18(7-8-23-19(17)13-15)24-16-4-1-14(2-5-16)20(26)25-11-9-22-10-12-25/h1-8,13,22H,9-12H2,(H,23,24). The molecular weight excluding hydrogens is 348 g/mol. The second kappa shape index (κ2) is 7.32. The second-order valence-corrected chi connectivity index (χ2v) is 6.70.